The minimum absolute atomic E-state index is 0.233. The summed E-state index contributed by atoms with van der Waals surface area (Å²) in [6, 6.07) is 13.7. The van der Waals surface area contributed by atoms with Crippen molar-refractivity contribution in [3.8, 4) is 11.4 Å². The molecule has 1 N–H and O–H groups in total. The summed E-state index contributed by atoms with van der Waals surface area (Å²) in [4.78, 5) is 4.74. The molecule has 0 aliphatic heterocycles. The van der Waals surface area contributed by atoms with Gasteiger partial charge in [-0.3, -0.25) is 4.72 Å². The molecule has 1 heterocycles. The van der Waals surface area contributed by atoms with Crippen molar-refractivity contribution in [2.24, 2.45) is 0 Å². The van der Waals surface area contributed by atoms with E-state index in [1.54, 1.807) is 48.5 Å². The zero-order valence-electron chi connectivity index (χ0n) is 15.1. The van der Waals surface area contributed by atoms with E-state index in [0.717, 1.165) is 24.0 Å². The number of benzene rings is 2. The van der Waals surface area contributed by atoms with Crippen molar-refractivity contribution in [2.75, 3.05) is 4.72 Å². The Morgan fingerprint density at radius 2 is 1.67 bits per heavy atom. The van der Waals surface area contributed by atoms with Gasteiger partial charge in [-0.1, -0.05) is 35.7 Å². The molecule has 0 saturated heterocycles. The Hall–Kier alpha value is -2.67. The summed E-state index contributed by atoms with van der Waals surface area (Å²) in [5.41, 5.74) is 2.29. The highest BCUT2D eigenvalue weighted by Gasteiger charge is 2.23. The predicted octanol–water partition coefficient (Wildman–Crippen LogP) is 4.50. The summed E-state index contributed by atoms with van der Waals surface area (Å²) in [6.45, 7) is 1.92. The quantitative estimate of drug-likeness (QED) is 0.701. The first-order valence-corrected chi connectivity index (χ1v) is 10.5. The molecule has 0 atom stereocenters. The van der Waals surface area contributed by atoms with Crippen LogP contribution >= 0.6 is 0 Å². The van der Waals surface area contributed by atoms with Gasteiger partial charge in [-0.05, 0) is 56.2 Å². The lowest BCUT2D eigenvalue weighted by molar-refractivity contribution is 0.354. The van der Waals surface area contributed by atoms with E-state index in [1.807, 2.05) is 6.92 Å². The summed E-state index contributed by atoms with van der Waals surface area (Å²) in [7, 11) is -3.61. The van der Waals surface area contributed by atoms with Crippen molar-refractivity contribution in [3.05, 3.63) is 60.0 Å². The molecule has 4 rings (SSSR count). The van der Waals surface area contributed by atoms with Crippen LogP contribution in [0.3, 0.4) is 0 Å². The van der Waals surface area contributed by atoms with Gasteiger partial charge in [-0.15, -0.1) is 0 Å². The summed E-state index contributed by atoms with van der Waals surface area (Å²) in [5, 5.41) is 4.07. The number of nitrogens with one attached hydrogen (secondary N) is 1. The van der Waals surface area contributed by atoms with Crippen molar-refractivity contribution in [1.29, 1.82) is 0 Å². The average Bonchev–Trinajstić information content (AvgIpc) is 3.34. The zero-order valence-corrected chi connectivity index (χ0v) is 15.9. The maximum Gasteiger partial charge on any atom is 0.261 e. The second-order valence-corrected chi connectivity index (χ2v) is 8.62. The van der Waals surface area contributed by atoms with Crippen molar-refractivity contribution in [2.45, 2.75) is 43.4 Å². The van der Waals surface area contributed by atoms with Gasteiger partial charge in [-0.2, -0.15) is 4.98 Å². The fourth-order valence-corrected chi connectivity index (χ4v) is 4.37. The molecule has 2 aromatic carbocycles. The van der Waals surface area contributed by atoms with Crippen LogP contribution in [0, 0.1) is 6.92 Å². The fourth-order valence-electron chi connectivity index (χ4n) is 3.31. The fraction of sp³-hybridized carbons (Fsp3) is 0.300. The third kappa shape index (κ3) is 3.88. The highest BCUT2D eigenvalue weighted by molar-refractivity contribution is 7.92. The van der Waals surface area contributed by atoms with Gasteiger partial charge >= 0.3 is 0 Å². The summed E-state index contributed by atoms with van der Waals surface area (Å²) < 4.78 is 32.9. The molecular formula is C20H21N3O3S. The van der Waals surface area contributed by atoms with E-state index < -0.39 is 10.0 Å². The lowest BCUT2D eigenvalue weighted by atomic mass is 10.1. The Bertz CT molecular complexity index is 1020. The molecule has 6 nitrogen and oxygen atoms in total. The van der Waals surface area contributed by atoms with Crippen LogP contribution in [0.5, 0.6) is 0 Å². The molecule has 1 aliphatic rings. The molecule has 27 heavy (non-hydrogen) atoms. The molecule has 1 fully saturated rings. The highest BCUT2D eigenvalue weighted by Crippen LogP contribution is 2.34. The number of rotatable bonds is 5. The van der Waals surface area contributed by atoms with Crippen LogP contribution in [-0.2, 0) is 10.0 Å². The Balaban J connectivity index is 1.49. The van der Waals surface area contributed by atoms with Crippen LogP contribution in [0.2, 0.25) is 0 Å². The number of sulfonamides is 1. The van der Waals surface area contributed by atoms with Gasteiger partial charge in [0.15, 0.2) is 0 Å². The van der Waals surface area contributed by atoms with E-state index in [9.17, 15) is 8.42 Å². The third-order valence-electron chi connectivity index (χ3n) is 4.87. The minimum atomic E-state index is -3.61. The second-order valence-electron chi connectivity index (χ2n) is 6.93. The monoisotopic (exact) mass is 383 g/mol. The topological polar surface area (TPSA) is 85.1 Å². The number of aryl methyl sites for hydroxylation is 1. The van der Waals surface area contributed by atoms with Gasteiger partial charge in [0.25, 0.3) is 10.0 Å². The molecule has 0 radical (unpaired) electrons. The van der Waals surface area contributed by atoms with Gasteiger partial charge in [0.05, 0.1) is 4.90 Å². The van der Waals surface area contributed by atoms with Gasteiger partial charge < -0.3 is 4.52 Å². The van der Waals surface area contributed by atoms with Crippen LogP contribution in [0.1, 0.15) is 43.1 Å². The predicted molar refractivity (Wildman–Crippen MR) is 103 cm³/mol. The van der Waals surface area contributed by atoms with Crippen molar-refractivity contribution >= 4 is 15.7 Å². The molecule has 0 amide bonds. The molecule has 0 bridgehead atoms. The van der Waals surface area contributed by atoms with Crippen LogP contribution in [0.25, 0.3) is 11.4 Å². The average molecular weight is 383 g/mol. The van der Waals surface area contributed by atoms with Crippen LogP contribution < -0.4 is 4.72 Å². The number of anilines is 1. The Morgan fingerprint density at radius 1 is 1.00 bits per heavy atom. The smallest absolute Gasteiger partial charge is 0.261 e. The normalized spacial score (nSPS) is 15.1. The molecule has 1 aromatic heterocycles. The molecule has 1 saturated carbocycles. The SMILES string of the molecule is Cc1ccc(S(=O)(=O)Nc2ccc(-c3noc(C4CCCC4)n3)cc2)cc1. The molecular weight excluding hydrogens is 362 g/mol. The van der Waals surface area contributed by atoms with E-state index in [-0.39, 0.29) is 4.90 Å². The van der Waals surface area contributed by atoms with E-state index in [4.69, 9.17) is 4.52 Å². The van der Waals surface area contributed by atoms with Gasteiger partial charge in [0.2, 0.25) is 11.7 Å². The summed E-state index contributed by atoms with van der Waals surface area (Å²) >= 11 is 0. The molecule has 0 unspecified atom stereocenters. The standard InChI is InChI=1S/C20H21N3O3S/c1-14-6-12-18(13-7-14)27(24,25)23-17-10-8-15(9-11-17)19-21-20(26-22-19)16-4-2-3-5-16/h6-13,16,23H,2-5H2,1H3. The third-order valence-corrected chi connectivity index (χ3v) is 6.27. The second kappa shape index (κ2) is 7.15. The maximum atomic E-state index is 12.5. The number of hydrogen-bond acceptors (Lipinski definition) is 5. The van der Waals surface area contributed by atoms with E-state index >= 15 is 0 Å². The zero-order chi connectivity index (χ0) is 18.9. The molecule has 3 aromatic rings. The van der Waals surface area contributed by atoms with Gasteiger partial charge in [0, 0.05) is 17.2 Å². The van der Waals surface area contributed by atoms with Gasteiger partial charge in [-0.25, -0.2) is 8.42 Å². The molecule has 0 spiro atoms. The van der Waals surface area contributed by atoms with Crippen molar-refractivity contribution < 1.29 is 12.9 Å². The lowest BCUT2D eigenvalue weighted by Crippen LogP contribution is -2.12. The first-order valence-electron chi connectivity index (χ1n) is 9.05. The van der Waals surface area contributed by atoms with Crippen LogP contribution in [-0.4, -0.2) is 18.6 Å². The highest BCUT2D eigenvalue weighted by atomic mass is 32.2. The van der Waals surface area contributed by atoms with Crippen LogP contribution in [0.15, 0.2) is 57.9 Å². The Labute approximate surface area is 158 Å². The number of nitrogens with zero attached hydrogens (tertiary/aromatic N) is 2. The largest absolute Gasteiger partial charge is 0.339 e. The van der Waals surface area contributed by atoms with Gasteiger partial charge in [0.1, 0.15) is 0 Å². The van der Waals surface area contributed by atoms with Crippen molar-refractivity contribution in [1.82, 2.24) is 10.1 Å². The van der Waals surface area contributed by atoms with E-state index in [0.29, 0.717) is 23.3 Å². The molecule has 1 aliphatic carbocycles. The Kier molecular flexibility index (Phi) is 4.70. The molecule has 140 valence electrons. The first-order chi connectivity index (χ1) is 13.0. The maximum absolute atomic E-state index is 12.5. The van der Waals surface area contributed by atoms with Crippen LogP contribution in [0.4, 0.5) is 5.69 Å². The van der Waals surface area contributed by atoms with E-state index in [1.165, 1.54) is 12.8 Å². The lowest BCUT2D eigenvalue weighted by Gasteiger charge is -2.08. The Morgan fingerprint density at radius 3 is 2.33 bits per heavy atom. The first kappa shape index (κ1) is 17.7. The van der Waals surface area contributed by atoms with Crippen molar-refractivity contribution in [3.63, 3.8) is 0 Å². The number of aromatic nitrogens is 2. The summed E-state index contributed by atoms with van der Waals surface area (Å²) in [5.74, 6) is 1.60. The number of hydrogen-bond donors (Lipinski definition) is 1. The van der Waals surface area contributed by atoms with E-state index in [2.05, 4.69) is 14.9 Å². The minimum Gasteiger partial charge on any atom is -0.339 e. The summed E-state index contributed by atoms with van der Waals surface area (Å²) in [6.07, 6.45) is 4.61. The molecule has 7 heteroatoms.